The van der Waals surface area contributed by atoms with Crippen LogP contribution in [0.5, 0.6) is 0 Å². The van der Waals surface area contributed by atoms with Gasteiger partial charge in [0.2, 0.25) is 5.91 Å². The molecule has 0 fully saturated rings. The van der Waals surface area contributed by atoms with Crippen LogP contribution in [0.2, 0.25) is 0 Å². The zero-order valence-electron chi connectivity index (χ0n) is 11.2. The first kappa shape index (κ1) is 14.3. The summed E-state index contributed by atoms with van der Waals surface area (Å²) in [6, 6.07) is 9.36. The molecule has 0 radical (unpaired) electrons. The van der Waals surface area contributed by atoms with Crippen molar-refractivity contribution in [1.82, 2.24) is 10.9 Å². The molecule has 0 unspecified atom stereocenters. The smallest absolute Gasteiger partial charge is 0.305 e. The van der Waals surface area contributed by atoms with Crippen molar-refractivity contribution in [2.75, 3.05) is 5.32 Å². The number of amides is 3. The summed E-state index contributed by atoms with van der Waals surface area (Å²) in [5.41, 5.74) is 5.27. The number of furan rings is 1. The summed E-state index contributed by atoms with van der Waals surface area (Å²) in [5, 5.41) is 2.57. The van der Waals surface area contributed by atoms with Crippen molar-refractivity contribution in [2.24, 2.45) is 0 Å². The number of hydrazine groups is 1. The Kier molecular flexibility index (Phi) is 4.35. The van der Waals surface area contributed by atoms with Gasteiger partial charge in [-0.1, -0.05) is 6.07 Å². The van der Waals surface area contributed by atoms with E-state index in [1.807, 2.05) is 0 Å². The summed E-state index contributed by atoms with van der Waals surface area (Å²) in [5.74, 6) is -1.23. The van der Waals surface area contributed by atoms with Gasteiger partial charge in [-0.2, -0.15) is 0 Å². The minimum absolute atomic E-state index is 0.0855. The standard InChI is InChI=1S/C14H13N3O4/c1-9(18)15-11-5-2-4-10(8-11)13(19)16-17-14(20)12-6-3-7-21-12/h2-8H,1H3,(H,15,18)(H,16,19)(H,17,20). The van der Waals surface area contributed by atoms with Crippen LogP contribution in [0, 0.1) is 0 Å². The van der Waals surface area contributed by atoms with Gasteiger partial charge in [-0.3, -0.25) is 25.2 Å². The predicted molar refractivity (Wildman–Crippen MR) is 74.4 cm³/mol. The SMILES string of the molecule is CC(=O)Nc1cccc(C(=O)NNC(=O)c2ccco2)c1. The van der Waals surface area contributed by atoms with Gasteiger partial charge in [0, 0.05) is 18.2 Å². The van der Waals surface area contributed by atoms with Crippen LogP contribution in [0.25, 0.3) is 0 Å². The van der Waals surface area contributed by atoms with Crippen LogP contribution in [0.1, 0.15) is 27.8 Å². The maximum absolute atomic E-state index is 11.9. The Morgan fingerprint density at radius 2 is 1.76 bits per heavy atom. The lowest BCUT2D eigenvalue weighted by molar-refractivity contribution is -0.114. The summed E-state index contributed by atoms with van der Waals surface area (Å²) in [6.07, 6.45) is 1.35. The second-order valence-corrected chi connectivity index (χ2v) is 4.15. The molecule has 0 atom stereocenters. The quantitative estimate of drug-likeness (QED) is 0.741. The number of rotatable bonds is 3. The number of nitrogens with one attached hydrogen (secondary N) is 3. The first-order chi connectivity index (χ1) is 10.1. The summed E-state index contributed by atoms with van der Waals surface area (Å²) in [7, 11) is 0. The zero-order chi connectivity index (χ0) is 15.2. The van der Waals surface area contributed by atoms with Crippen LogP contribution in [0.15, 0.2) is 47.1 Å². The van der Waals surface area contributed by atoms with E-state index in [2.05, 4.69) is 16.2 Å². The van der Waals surface area contributed by atoms with Gasteiger partial charge < -0.3 is 9.73 Å². The normalized spacial score (nSPS) is 9.76. The fraction of sp³-hybridized carbons (Fsp3) is 0.0714. The van der Waals surface area contributed by atoms with Crippen molar-refractivity contribution >= 4 is 23.4 Å². The number of hydrogen-bond acceptors (Lipinski definition) is 4. The van der Waals surface area contributed by atoms with E-state index in [4.69, 9.17) is 4.42 Å². The highest BCUT2D eigenvalue weighted by molar-refractivity contribution is 5.99. The van der Waals surface area contributed by atoms with E-state index in [0.29, 0.717) is 11.3 Å². The highest BCUT2D eigenvalue weighted by atomic mass is 16.3. The first-order valence-electron chi connectivity index (χ1n) is 6.08. The Labute approximate surface area is 120 Å². The molecule has 3 amide bonds. The average Bonchev–Trinajstić information content (AvgIpc) is 2.98. The largest absolute Gasteiger partial charge is 0.459 e. The van der Waals surface area contributed by atoms with E-state index >= 15 is 0 Å². The third kappa shape index (κ3) is 3.93. The van der Waals surface area contributed by atoms with Crippen molar-refractivity contribution in [3.63, 3.8) is 0 Å². The summed E-state index contributed by atoms with van der Waals surface area (Å²) < 4.78 is 4.89. The molecule has 0 bridgehead atoms. The summed E-state index contributed by atoms with van der Waals surface area (Å²) in [4.78, 5) is 34.4. The van der Waals surface area contributed by atoms with Gasteiger partial charge in [-0.05, 0) is 30.3 Å². The van der Waals surface area contributed by atoms with E-state index in [1.165, 1.54) is 25.3 Å². The molecule has 0 spiro atoms. The van der Waals surface area contributed by atoms with Gasteiger partial charge in [0.15, 0.2) is 5.76 Å². The number of carbonyl (C=O) groups excluding carboxylic acids is 3. The zero-order valence-corrected chi connectivity index (χ0v) is 11.2. The van der Waals surface area contributed by atoms with Gasteiger partial charge in [-0.15, -0.1) is 0 Å². The fourth-order valence-electron chi connectivity index (χ4n) is 1.60. The maximum atomic E-state index is 11.9. The van der Waals surface area contributed by atoms with E-state index in [9.17, 15) is 14.4 Å². The Balaban J connectivity index is 1.97. The number of carbonyl (C=O) groups is 3. The molecular formula is C14H13N3O4. The van der Waals surface area contributed by atoms with Gasteiger partial charge in [0.05, 0.1) is 6.26 Å². The second-order valence-electron chi connectivity index (χ2n) is 4.15. The molecule has 0 aliphatic heterocycles. The number of anilines is 1. The maximum Gasteiger partial charge on any atom is 0.305 e. The molecule has 1 aromatic heterocycles. The molecule has 2 rings (SSSR count). The predicted octanol–water partition coefficient (Wildman–Crippen LogP) is 1.31. The lowest BCUT2D eigenvalue weighted by atomic mass is 10.2. The molecule has 21 heavy (non-hydrogen) atoms. The molecule has 2 aromatic rings. The van der Waals surface area contributed by atoms with Crippen LogP contribution >= 0.6 is 0 Å². The van der Waals surface area contributed by atoms with Gasteiger partial charge in [-0.25, -0.2) is 0 Å². The number of benzene rings is 1. The molecule has 108 valence electrons. The van der Waals surface area contributed by atoms with Crippen molar-refractivity contribution in [1.29, 1.82) is 0 Å². The molecule has 1 aromatic carbocycles. The van der Waals surface area contributed by atoms with Crippen LogP contribution in [-0.4, -0.2) is 17.7 Å². The molecule has 3 N–H and O–H groups in total. The monoisotopic (exact) mass is 287 g/mol. The Morgan fingerprint density at radius 1 is 1.00 bits per heavy atom. The van der Waals surface area contributed by atoms with Gasteiger partial charge >= 0.3 is 5.91 Å². The molecule has 1 heterocycles. The third-order valence-corrected chi connectivity index (χ3v) is 2.48. The lowest BCUT2D eigenvalue weighted by Crippen LogP contribution is -2.41. The Bertz CT molecular complexity index is 665. The molecule has 0 aliphatic carbocycles. The van der Waals surface area contributed by atoms with Crippen molar-refractivity contribution < 1.29 is 18.8 Å². The molecule has 7 heteroatoms. The first-order valence-corrected chi connectivity index (χ1v) is 6.08. The second kappa shape index (κ2) is 6.38. The lowest BCUT2D eigenvalue weighted by Gasteiger charge is -2.07. The Morgan fingerprint density at radius 3 is 2.43 bits per heavy atom. The minimum Gasteiger partial charge on any atom is -0.459 e. The minimum atomic E-state index is -0.564. The molecule has 0 saturated carbocycles. The highest BCUT2D eigenvalue weighted by Crippen LogP contribution is 2.10. The van der Waals surface area contributed by atoms with E-state index in [1.54, 1.807) is 24.3 Å². The van der Waals surface area contributed by atoms with Crippen LogP contribution in [0.3, 0.4) is 0 Å². The van der Waals surface area contributed by atoms with E-state index < -0.39 is 11.8 Å². The van der Waals surface area contributed by atoms with Crippen LogP contribution in [-0.2, 0) is 4.79 Å². The van der Waals surface area contributed by atoms with Gasteiger partial charge in [0.25, 0.3) is 5.91 Å². The summed E-state index contributed by atoms with van der Waals surface area (Å²) >= 11 is 0. The van der Waals surface area contributed by atoms with Crippen molar-refractivity contribution in [2.45, 2.75) is 6.92 Å². The average molecular weight is 287 g/mol. The highest BCUT2D eigenvalue weighted by Gasteiger charge is 2.11. The number of hydrogen-bond donors (Lipinski definition) is 3. The molecule has 0 saturated heterocycles. The molecule has 0 aliphatic rings. The molecule has 7 nitrogen and oxygen atoms in total. The topological polar surface area (TPSA) is 100 Å². The molecular weight excluding hydrogens is 274 g/mol. The van der Waals surface area contributed by atoms with Crippen LogP contribution < -0.4 is 16.2 Å². The van der Waals surface area contributed by atoms with E-state index in [-0.39, 0.29) is 11.7 Å². The summed E-state index contributed by atoms with van der Waals surface area (Å²) in [6.45, 7) is 1.37. The van der Waals surface area contributed by atoms with Crippen molar-refractivity contribution in [3.8, 4) is 0 Å². The van der Waals surface area contributed by atoms with E-state index in [0.717, 1.165) is 0 Å². The Hall–Kier alpha value is -3.09. The third-order valence-electron chi connectivity index (χ3n) is 2.48. The van der Waals surface area contributed by atoms with Gasteiger partial charge in [0.1, 0.15) is 0 Å². The fourth-order valence-corrected chi connectivity index (χ4v) is 1.60. The van der Waals surface area contributed by atoms with Crippen LogP contribution in [0.4, 0.5) is 5.69 Å². The van der Waals surface area contributed by atoms with Crippen molar-refractivity contribution in [3.05, 3.63) is 54.0 Å².